The van der Waals surface area contributed by atoms with Gasteiger partial charge in [-0.3, -0.25) is 4.57 Å². The number of alkyl halides is 2. The van der Waals surface area contributed by atoms with Crippen molar-refractivity contribution in [3.63, 3.8) is 0 Å². The second-order valence-electron chi connectivity index (χ2n) is 4.16. The quantitative estimate of drug-likeness (QED) is 0.513. The van der Waals surface area contributed by atoms with Gasteiger partial charge in [-0.25, -0.2) is 0 Å². The van der Waals surface area contributed by atoms with Crippen LogP contribution in [0.4, 0.5) is 8.78 Å². The Bertz CT molecular complexity index is 556. The second kappa shape index (κ2) is 8.46. The Hall–Kier alpha value is -0.390. The van der Waals surface area contributed by atoms with E-state index in [4.69, 9.17) is 20.6 Å². The Balaban J connectivity index is 3.06. The van der Waals surface area contributed by atoms with E-state index in [9.17, 15) is 13.3 Å². The summed E-state index contributed by atoms with van der Waals surface area (Å²) < 4.78 is 50.3. The minimum absolute atomic E-state index is 0.0929. The first-order valence-corrected chi connectivity index (χ1v) is 9.39. The summed E-state index contributed by atoms with van der Waals surface area (Å²) in [7, 11) is -4.57. The summed E-state index contributed by atoms with van der Waals surface area (Å²) in [5.41, 5.74) is 0.604. The normalized spacial score (nSPS) is 13.9. The van der Waals surface area contributed by atoms with Gasteiger partial charge < -0.3 is 9.05 Å². The lowest BCUT2D eigenvalue weighted by Crippen LogP contribution is -2.16. The van der Waals surface area contributed by atoms with E-state index in [2.05, 4.69) is 0 Å². The first kappa shape index (κ1) is 19.7. The van der Waals surface area contributed by atoms with Crippen molar-refractivity contribution in [3.8, 4) is 0 Å². The van der Waals surface area contributed by atoms with Gasteiger partial charge in [0.15, 0.2) is 0 Å². The van der Waals surface area contributed by atoms with Gasteiger partial charge in [0, 0.05) is 4.91 Å². The van der Waals surface area contributed by atoms with Gasteiger partial charge in [0.25, 0.3) is 0 Å². The largest absolute Gasteiger partial charge is 0.410 e. The molecular formula is C14H18ClF2O3PS. The van der Waals surface area contributed by atoms with Crippen LogP contribution in [-0.4, -0.2) is 18.2 Å². The topological polar surface area (TPSA) is 35.5 Å². The second-order valence-corrected chi connectivity index (χ2v) is 8.24. The molecule has 1 aromatic rings. The molecule has 0 heterocycles. The highest BCUT2D eigenvalue weighted by Gasteiger charge is 2.54. The standard InChI is InChI=1S/C14H18ClF2O3PS/c1-4-19-21(18,20-5-2)14(16,17)22-11(3)13(15)12-9-7-6-8-10-12/h6-10H,4-5H2,1-3H3/b13-11+. The van der Waals surface area contributed by atoms with Gasteiger partial charge >= 0.3 is 12.6 Å². The first-order chi connectivity index (χ1) is 10.3. The van der Waals surface area contributed by atoms with Crippen molar-refractivity contribution in [2.45, 2.75) is 25.8 Å². The molecule has 124 valence electrons. The number of halogens is 3. The Morgan fingerprint density at radius 2 is 1.73 bits per heavy atom. The van der Waals surface area contributed by atoms with Gasteiger partial charge in [0.05, 0.1) is 18.2 Å². The van der Waals surface area contributed by atoms with E-state index in [1.807, 2.05) is 0 Å². The third-order valence-electron chi connectivity index (χ3n) is 2.53. The molecule has 0 amide bonds. The minimum atomic E-state index is -4.57. The van der Waals surface area contributed by atoms with Gasteiger partial charge in [-0.05, 0) is 38.1 Å². The van der Waals surface area contributed by atoms with Gasteiger partial charge in [0.1, 0.15) is 0 Å². The lowest BCUT2D eigenvalue weighted by Gasteiger charge is -2.25. The number of rotatable bonds is 8. The summed E-state index contributed by atoms with van der Waals surface area (Å²) in [5, 5.41) is 0.171. The summed E-state index contributed by atoms with van der Waals surface area (Å²) in [6.07, 6.45) is 0. The van der Waals surface area contributed by atoms with Crippen molar-refractivity contribution in [3.05, 3.63) is 40.8 Å². The zero-order valence-corrected chi connectivity index (χ0v) is 15.0. The van der Waals surface area contributed by atoms with Gasteiger partial charge in [-0.15, -0.1) is 0 Å². The molecular weight excluding hydrogens is 353 g/mol. The van der Waals surface area contributed by atoms with E-state index in [-0.39, 0.29) is 34.9 Å². The molecule has 0 aliphatic heterocycles. The summed E-state index contributed by atoms with van der Waals surface area (Å²) in [6, 6.07) is 8.70. The van der Waals surface area contributed by atoms with E-state index >= 15 is 0 Å². The Labute approximate surface area is 138 Å². The fourth-order valence-corrected chi connectivity index (χ4v) is 4.65. The first-order valence-electron chi connectivity index (χ1n) is 6.65. The third-order valence-corrected chi connectivity index (χ3v) is 6.68. The van der Waals surface area contributed by atoms with E-state index in [0.717, 1.165) is 0 Å². The molecule has 0 saturated heterocycles. The molecule has 0 spiro atoms. The van der Waals surface area contributed by atoms with Gasteiger partial charge in [0.2, 0.25) is 0 Å². The van der Waals surface area contributed by atoms with E-state index < -0.39 is 12.6 Å². The molecule has 22 heavy (non-hydrogen) atoms. The summed E-state index contributed by atoms with van der Waals surface area (Å²) in [4.78, 5) is -3.59. The van der Waals surface area contributed by atoms with Crippen LogP contribution in [0.25, 0.3) is 5.03 Å². The molecule has 0 aliphatic rings. The molecule has 0 saturated carbocycles. The third kappa shape index (κ3) is 4.80. The van der Waals surface area contributed by atoms with Crippen LogP contribution in [0.15, 0.2) is 35.2 Å². The van der Waals surface area contributed by atoms with E-state index in [0.29, 0.717) is 5.56 Å². The number of benzene rings is 1. The summed E-state index contributed by atoms with van der Waals surface area (Å²) in [5.74, 6) is 0. The number of hydrogen-bond acceptors (Lipinski definition) is 4. The summed E-state index contributed by atoms with van der Waals surface area (Å²) in [6.45, 7) is 4.12. The fourth-order valence-electron chi connectivity index (χ4n) is 1.60. The monoisotopic (exact) mass is 370 g/mol. The maximum absolute atomic E-state index is 14.3. The van der Waals surface area contributed by atoms with Crippen molar-refractivity contribution in [1.29, 1.82) is 0 Å². The van der Waals surface area contributed by atoms with Crippen molar-refractivity contribution in [2.75, 3.05) is 13.2 Å². The van der Waals surface area contributed by atoms with Crippen LogP contribution in [0.3, 0.4) is 0 Å². The van der Waals surface area contributed by atoms with Crippen LogP contribution in [0, 0.1) is 0 Å². The lowest BCUT2D eigenvalue weighted by molar-refractivity contribution is 0.112. The van der Waals surface area contributed by atoms with Gasteiger partial charge in [-0.2, -0.15) is 8.78 Å². The van der Waals surface area contributed by atoms with Crippen LogP contribution in [-0.2, 0) is 13.6 Å². The molecule has 8 heteroatoms. The molecule has 1 aromatic carbocycles. The van der Waals surface area contributed by atoms with Gasteiger partial charge in [-0.1, -0.05) is 41.9 Å². The predicted octanol–water partition coefficient (Wildman–Crippen LogP) is 6.16. The zero-order chi connectivity index (χ0) is 16.8. The average Bonchev–Trinajstić information content (AvgIpc) is 2.47. The number of allylic oxidation sites excluding steroid dienone is 1. The van der Waals surface area contributed by atoms with E-state index in [1.54, 1.807) is 30.3 Å². The minimum Gasteiger partial charge on any atom is -0.304 e. The average molecular weight is 371 g/mol. The van der Waals surface area contributed by atoms with Crippen LogP contribution in [0.2, 0.25) is 0 Å². The maximum Gasteiger partial charge on any atom is 0.410 e. The highest BCUT2D eigenvalue weighted by atomic mass is 35.5. The Morgan fingerprint density at radius 1 is 1.23 bits per heavy atom. The lowest BCUT2D eigenvalue weighted by atomic mass is 10.2. The molecule has 0 radical (unpaired) electrons. The Kier molecular flexibility index (Phi) is 7.56. The molecule has 0 fully saturated rings. The molecule has 0 aromatic heterocycles. The van der Waals surface area contributed by atoms with Crippen molar-refractivity contribution < 1.29 is 22.4 Å². The van der Waals surface area contributed by atoms with Crippen molar-refractivity contribution in [1.82, 2.24) is 0 Å². The molecule has 0 aliphatic carbocycles. The van der Waals surface area contributed by atoms with Crippen LogP contribution in [0.5, 0.6) is 0 Å². The molecule has 0 bridgehead atoms. The molecule has 0 N–H and O–H groups in total. The van der Waals surface area contributed by atoms with Crippen LogP contribution < -0.4 is 0 Å². The van der Waals surface area contributed by atoms with Crippen LogP contribution >= 0.6 is 31.0 Å². The number of thioether (sulfide) groups is 1. The van der Waals surface area contributed by atoms with Crippen molar-refractivity contribution in [2.24, 2.45) is 0 Å². The predicted molar refractivity (Wildman–Crippen MR) is 88.3 cm³/mol. The fraction of sp³-hybridized carbons (Fsp3) is 0.429. The smallest absolute Gasteiger partial charge is 0.304 e. The summed E-state index contributed by atoms with van der Waals surface area (Å²) >= 11 is 6.21. The Morgan fingerprint density at radius 3 is 2.18 bits per heavy atom. The highest BCUT2D eigenvalue weighted by Crippen LogP contribution is 2.68. The number of hydrogen-bond donors (Lipinski definition) is 0. The molecule has 0 atom stereocenters. The molecule has 3 nitrogen and oxygen atoms in total. The molecule has 1 rings (SSSR count). The van der Waals surface area contributed by atoms with E-state index in [1.165, 1.54) is 20.8 Å². The SMILES string of the molecule is CCOP(=O)(OCC)C(F)(F)S/C(C)=C(/Cl)c1ccccc1. The molecule has 0 unspecified atom stereocenters. The maximum atomic E-state index is 14.3. The zero-order valence-electron chi connectivity index (χ0n) is 12.5. The van der Waals surface area contributed by atoms with Crippen molar-refractivity contribution >= 4 is 36.0 Å². The van der Waals surface area contributed by atoms with Crippen LogP contribution in [0.1, 0.15) is 26.3 Å². The highest BCUT2D eigenvalue weighted by molar-refractivity contribution is 8.09.